The lowest BCUT2D eigenvalue weighted by Crippen LogP contribution is -2.34. The minimum Gasteiger partial charge on any atom is -0.349 e. The van der Waals surface area contributed by atoms with Crippen molar-refractivity contribution >= 4 is 23.4 Å². The summed E-state index contributed by atoms with van der Waals surface area (Å²) < 4.78 is 0. The lowest BCUT2D eigenvalue weighted by atomic mass is 10.0. The van der Waals surface area contributed by atoms with Crippen molar-refractivity contribution < 1.29 is 19.3 Å². The second-order valence-corrected chi connectivity index (χ2v) is 4.41. The smallest absolute Gasteiger partial charge is 0.269 e. The number of imide groups is 1. The van der Waals surface area contributed by atoms with Gasteiger partial charge < -0.3 is 5.32 Å². The fourth-order valence-corrected chi connectivity index (χ4v) is 1.76. The van der Waals surface area contributed by atoms with Gasteiger partial charge in [-0.25, -0.2) is 0 Å². The summed E-state index contributed by atoms with van der Waals surface area (Å²) in [6.45, 7) is 2.50. The molecule has 0 heterocycles. The quantitative estimate of drug-likeness (QED) is 0.615. The number of amides is 3. The number of nitro benzene ring substituents is 1. The molecule has 0 radical (unpaired) electrons. The largest absolute Gasteiger partial charge is 0.349 e. The maximum atomic E-state index is 11.6. The molecule has 1 atom stereocenters. The minimum atomic E-state index is -0.664. The van der Waals surface area contributed by atoms with Crippen molar-refractivity contribution in [1.29, 1.82) is 0 Å². The second kappa shape index (κ2) is 7.13. The predicted molar refractivity (Wildman–Crippen MR) is 73.1 cm³/mol. The summed E-state index contributed by atoms with van der Waals surface area (Å²) in [6.07, 6.45) is -0.142. The van der Waals surface area contributed by atoms with E-state index in [2.05, 4.69) is 10.6 Å². The number of nitro groups is 1. The Morgan fingerprint density at radius 1 is 1.14 bits per heavy atom. The van der Waals surface area contributed by atoms with Crippen LogP contribution in [0.15, 0.2) is 24.3 Å². The molecule has 0 aromatic heterocycles. The van der Waals surface area contributed by atoms with Gasteiger partial charge in [-0.1, -0.05) is 12.1 Å². The summed E-state index contributed by atoms with van der Waals surface area (Å²) in [6, 6.07) is 4.82. The first-order chi connectivity index (χ1) is 9.79. The molecule has 21 heavy (non-hydrogen) atoms. The van der Waals surface area contributed by atoms with Crippen molar-refractivity contribution in [1.82, 2.24) is 10.6 Å². The standard InChI is InChI=1S/C13H15N3O5/c1-8(17)14-12(7-13(19)15-9(2)18)10-3-5-11(6-4-10)16(20)21/h3-6,12H,7H2,1-2H3,(H,14,17)(H,15,18,19)/t12-/m1/s1. The average molecular weight is 293 g/mol. The summed E-state index contributed by atoms with van der Waals surface area (Å²) in [7, 11) is 0. The fourth-order valence-electron chi connectivity index (χ4n) is 1.76. The van der Waals surface area contributed by atoms with Crippen LogP contribution in [-0.2, 0) is 14.4 Å². The highest BCUT2D eigenvalue weighted by Crippen LogP contribution is 2.20. The van der Waals surface area contributed by atoms with Gasteiger partial charge in [0.05, 0.1) is 17.4 Å². The van der Waals surface area contributed by atoms with E-state index in [0.29, 0.717) is 5.56 Å². The third kappa shape index (κ3) is 5.39. The molecule has 0 fully saturated rings. The first-order valence-electron chi connectivity index (χ1n) is 6.11. The Morgan fingerprint density at radius 3 is 2.14 bits per heavy atom. The van der Waals surface area contributed by atoms with Crippen molar-refractivity contribution in [2.75, 3.05) is 0 Å². The monoisotopic (exact) mass is 293 g/mol. The molecule has 2 N–H and O–H groups in total. The number of rotatable bonds is 5. The highest BCUT2D eigenvalue weighted by molar-refractivity contribution is 5.94. The molecular formula is C13H15N3O5. The van der Waals surface area contributed by atoms with Gasteiger partial charge in [0.25, 0.3) is 5.69 Å². The normalized spacial score (nSPS) is 11.3. The molecule has 0 spiro atoms. The Hall–Kier alpha value is -2.77. The van der Waals surface area contributed by atoms with E-state index in [-0.39, 0.29) is 18.0 Å². The lowest BCUT2D eigenvalue weighted by Gasteiger charge is -2.17. The Balaban J connectivity index is 2.90. The number of benzene rings is 1. The third-order valence-corrected chi connectivity index (χ3v) is 2.59. The number of carbonyl (C=O) groups is 3. The zero-order valence-electron chi connectivity index (χ0n) is 11.6. The molecule has 0 saturated carbocycles. The van der Waals surface area contributed by atoms with Crippen LogP contribution in [0.4, 0.5) is 5.69 Å². The van der Waals surface area contributed by atoms with Crippen LogP contribution < -0.4 is 10.6 Å². The first kappa shape index (κ1) is 16.3. The Kier molecular flexibility index (Phi) is 5.53. The lowest BCUT2D eigenvalue weighted by molar-refractivity contribution is -0.384. The van der Waals surface area contributed by atoms with E-state index in [1.807, 2.05) is 0 Å². The molecule has 1 aromatic carbocycles. The van der Waals surface area contributed by atoms with Crippen LogP contribution in [0.3, 0.4) is 0 Å². The van der Waals surface area contributed by atoms with E-state index in [0.717, 1.165) is 0 Å². The van der Waals surface area contributed by atoms with Gasteiger partial charge in [0, 0.05) is 26.0 Å². The molecule has 0 bridgehead atoms. The SMILES string of the molecule is CC(=O)NC(=O)C[C@@H](NC(C)=O)c1ccc([N+](=O)[O-])cc1. The highest BCUT2D eigenvalue weighted by Gasteiger charge is 2.18. The molecular weight excluding hydrogens is 278 g/mol. The van der Waals surface area contributed by atoms with E-state index in [1.165, 1.54) is 38.1 Å². The number of nitrogens with one attached hydrogen (secondary N) is 2. The van der Waals surface area contributed by atoms with Gasteiger partial charge in [-0.3, -0.25) is 29.8 Å². The van der Waals surface area contributed by atoms with Gasteiger partial charge >= 0.3 is 0 Å². The molecule has 1 rings (SSSR count). The van der Waals surface area contributed by atoms with Crippen molar-refractivity contribution in [2.45, 2.75) is 26.3 Å². The summed E-state index contributed by atoms with van der Waals surface area (Å²) in [5.74, 6) is -1.39. The van der Waals surface area contributed by atoms with Crippen LogP contribution in [0.5, 0.6) is 0 Å². The van der Waals surface area contributed by atoms with Crippen molar-refractivity contribution in [3.63, 3.8) is 0 Å². The van der Waals surface area contributed by atoms with E-state index in [9.17, 15) is 24.5 Å². The van der Waals surface area contributed by atoms with Crippen LogP contribution in [0.1, 0.15) is 31.9 Å². The summed E-state index contributed by atoms with van der Waals surface area (Å²) in [5.41, 5.74) is 0.447. The van der Waals surface area contributed by atoms with Crippen LogP contribution in [0, 0.1) is 10.1 Å². The molecule has 8 nitrogen and oxygen atoms in total. The van der Waals surface area contributed by atoms with Gasteiger partial charge in [0.1, 0.15) is 0 Å². The highest BCUT2D eigenvalue weighted by atomic mass is 16.6. The first-order valence-corrected chi connectivity index (χ1v) is 6.11. The molecule has 0 saturated heterocycles. The number of nitrogens with zero attached hydrogens (tertiary/aromatic N) is 1. The van der Waals surface area contributed by atoms with Crippen molar-refractivity contribution in [2.24, 2.45) is 0 Å². The molecule has 8 heteroatoms. The fraction of sp³-hybridized carbons (Fsp3) is 0.308. The van der Waals surface area contributed by atoms with E-state index < -0.39 is 22.8 Å². The third-order valence-electron chi connectivity index (χ3n) is 2.59. The number of carbonyl (C=O) groups excluding carboxylic acids is 3. The predicted octanol–water partition coefficient (Wildman–Crippen LogP) is 0.825. The maximum Gasteiger partial charge on any atom is 0.269 e. The zero-order valence-corrected chi connectivity index (χ0v) is 11.6. The number of hydrogen-bond acceptors (Lipinski definition) is 5. The van der Waals surface area contributed by atoms with Gasteiger partial charge in [-0.2, -0.15) is 0 Å². The zero-order chi connectivity index (χ0) is 16.0. The topological polar surface area (TPSA) is 118 Å². The Labute approximate surface area is 120 Å². The van der Waals surface area contributed by atoms with Gasteiger partial charge in [-0.05, 0) is 5.56 Å². The summed E-state index contributed by atoms with van der Waals surface area (Å²) in [4.78, 5) is 43.7. The van der Waals surface area contributed by atoms with E-state index in [1.54, 1.807) is 0 Å². The van der Waals surface area contributed by atoms with Crippen LogP contribution >= 0.6 is 0 Å². The number of hydrogen-bond donors (Lipinski definition) is 2. The molecule has 0 unspecified atom stereocenters. The number of non-ortho nitro benzene ring substituents is 1. The maximum absolute atomic E-state index is 11.6. The molecule has 0 aliphatic heterocycles. The van der Waals surface area contributed by atoms with E-state index in [4.69, 9.17) is 0 Å². The summed E-state index contributed by atoms with van der Waals surface area (Å²) in [5, 5.41) is 15.3. The van der Waals surface area contributed by atoms with Crippen molar-refractivity contribution in [3.8, 4) is 0 Å². The summed E-state index contributed by atoms with van der Waals surface area (Å²) >= 11 is 0. The van der Waals surface area contributed by atoms with Crippen LogP contribution in [0.2, 0.25) is 0 Å². The second-order valence-electron chi connectivity index (χ2n) is 4.41. The van der Waals surface area contributed by atoms with Gasteiger partial charge in [0.15, 0.2) is 0 Å². The average Bonchev–Trinajstić information content (AvgIpc) is 2.36. The minimum absolute atomic E-state index is 0.0893. The Bertz CT molecular complexity index is 568. The molecule has 112 valence electrons. The Morgan fingerprint density at radius 2 is 1.71 bits per heavy atom. The van der Waals surface area contributed by atoms with Crippen LogP contribution in [-0.4, -0.2) is 22.6 Å². The molecule has 0 aliphatic carbocycles. The molecule has 1 aromatic rings. The van der Waals surface area contributed by atoms with Gasteiger partial charge in [-0.15, -0.1) is 0 Å². The van der Waals surface area contributed by atoms with Crippen molar-refractivity contribution in [3.05, 3.63) is 39.9 Å². The molecule has 0 aliphatic rings. The van der Waals surface area contributed by atoms with Gasteiger partial charge in [0.2, 0.25) is 17.7 Å². The van der Waals surface area contributed by atoms with E-state index >= 15 is 0 Å². The molecule has 3 amide bonds. The van der Waals surface area contributed by atoms with Crippen LogP contribution in [0.25, 0.3) is 0 Å².